The van der Waals surface area contributed by atoms with E-state index in [-0.39, 0.29) is 37.5 Å². The molecule has 0 aromatic rings. The minimum atomic E-state index is -0.806. The average Bonchev–Trinajstić information content (AvgIpc) is 3.30. The lowest BCUT2D eigenvalue weighted by Crippen LogP contribution is -2.30. The van der Waals surface area contributed by atoms with E-state index in [1.807, 2.05) is 0 Å². The number of carbonyl (C=O) groups excluding carboxylic acids is 3. The molecule has 6 nitrogen and oxygen atoms in total. The molecule has 0 aliphatic heterocycles. The highest BCUT2D eigenvalue weighted by atomic mass is 16.6. The minimum absolute atomic E-state index is 0.101. The number of carbonyl (C=O) groups is 3. The van der Waals surface area contributed by atoms with Crippen molar-refractivity contribution in [1.82, 2.24) is 0 Å². The molecule has 0 rings (SSSR count). The van der Waals surface area contributed by atoms with E-state index < -0.39 is 6.10 Å². The first kappa shape index (κ1) is 61.9. The summed E-state index contributed by atoms with van der Waals surface area (Å²) in [6, 6.07) is 0. The first-order chi connectivity index (χ1) is 32.0. The summed E-state index contributed by atoms with van der Waals surface area (Å²) in [5, 5.41) is 0. The summed E-state index contributed by atoms with van der Waals surface area (Å²) in [5.41, 5.74) is 0. The SMILES string of the molecule is CCCCC/C=C\C/C=C\CCCCCCCC(=O)O[C@H](COC(=O)CCC/C=C\C/C=C\C/C=C\CCCCCCCC)COC(=O)CCCCCCC/C=C\CCCCCCCC. The Hall–Kier alpha value is -3.15. The third kappa shape index (κ3) is 51.7. The Kier molecular flexibility index (Phi) is 50.9. The van der Waals surface area contributed by atoms with Crippen molar-refractivity contribution in [3.05, 3.63) is 72.9 Å². The molecule has 0 bridgehead atoms. The molecule has 6 heteroatoms. The molecule has 0 aromatic carbocycles. The van der Waals surface area contributed by atoms with Gasteiger partial charge in [-0.05, 0) is 109 Å². The Labute approximate surface area is 402 Å². The second kappa shape index (κ2) is 53.5. The van der Waals surface area contributed by atoms with Gasteiger partial charge in [0.05, 0.1) is 0 Å². The molecule has 0 aliphatic rings. The smallest absolute Gasteiger partial charge is 0.306 e. The molecule has 0 N–H and O–H groups in total. The van der Waals surface area contributed by atoms with Crippen LogP contribution in [0.1, 0.15) is 265 Å². The largest absolute Gasteiger partial charge is 0.462 e. The molecule has 0 unspecified atom stereocenters. The summed E-state index contributed by atoms with van der Waals surface area (Å²) in [6.45, 7) is 6.54. The van der Waals surface area contributed by atoms with Gasteiger partial charge in [0.15, 0.2) is 6.10 Å². The monoisotopic (exact) mass is 907 g/mol. The van der Waals surface area contributed by atoms with Gasteiger partial charge in [0.25, 0.3) is 0 Å². The molecular weight excluding hydrogens is 805 g/mol. The number of esters is 3. The molecule has 0 saturated heterocycles. The summed E-state index contributed by atoms with van der Waals surface area (Å²) in [5.74, 6) is -0.973. The zero-order valence-electron chi connectivity index (χ0n) is 42.7. The highest BCUT2D eigenvalue weighted by Crippen LogP contribution is 2.13. The number of hydrogen-bond donors (Lipinski definition) is 0. The Morgan fingerprint density at radius 1 is 0.308 bits per heavy atom. The third-order valence-electron chi connectivity index (χ3n) is 11.7. The van der Waals surface area contributed by atoms with Gasteiger partial charge in [-0.3, -0.25) is 14.4 Å². The van der Waals surface area contributed by atoms with Gasteiger partial charge in [-0.1, -0.05) is 209 Å². The van der Waals surface area contributed by atoms with Crippen molar-refractivity contribution in [2.45, 2.75) is 271 Å². The first-order valence-electron chi connectivity index (χ1n) is 27.4. The fourth-order valence-corrected chi connectivity index (χ4v) is 7.48. The third-order valence-corrected chi connectivity index (χ3v) is 11.7. The number of rotatable bonds is 49. The van der Waals surface area contributed by atoms with Gasteiger partial charge < -0.3 is 14.2 Å². The van der Waals surface area contributed by atoms with Crippen LogP contribution in [-0.4, -0.2) is 37.2 Å². The van der Waals surface area contributed by atoms with E-state index in [9.17, 15) is 14.4 Å². The Morgan fingerprint density at radius 3 is 0.969 bits per heavy atom. The topological polar surface area (TPSA) is 78.9 Å². The summed E-state index contributed by atoms with van der Waals surface area (Å²) in [4.78, 5) is 38.0. The molecule has 0 saturated carbocycles. The van der Waals surface area contributed by atoms with E-state index in [0.717, 1.165) is 89.9 Å². The molecule has 0 aromatic heterocycles. The molecule has 1 atom stereocenters. The summed E-state index contributed by atoms with van der Waals surface area (Å²) in [7, 11) is 0. The molecule has 0 radical (unpaired) electrons. The van der Waals surface area contributed by atoms with Crippen LogP contribution in [0.5, 0.6) is 0 Å². The average molecular weight is 907 g/mol. The number of allylic oxidation sites excluding steroid dienone is 12. The van der Waals surface area contributed by atoms with Crippen LogP contribution < -0.4 is 0 Å². The second-order valence-electron chi connectivity index (χ2n) is 18.1. The Morgan fingerprint density at radius 2 is 0.569 bits per heavy atom. The second-order valence-corrected chi connectivity index (χ2v) is 18.1. The lowest BCUT2D eigenvalue weighted by atomic mass is 10.1. The maximum Gasteiger partial charge on any atom is 0.306 e. The molecule has 374 valence electrons. The van der Waals surface area contributed by atoms with Crippen LogP contribution in [0, 0.1) is 0 Å². The standard InChI is InChI=1S/C59H102O6/c1-4-7-10-13-16-19-22-25-28-29-32-34-37-40-43-46-49-52-58(61)64-55-56(65-59(62)53-50-47-44-41-38-35-31-27-24-21-18-15-12-9-6-3)54-63-57(60)51-48-45-42-39-36-33-30-26-23-20-17-14-11-8-5-2/h18,21,25-28,30-32,34,40,43,56H,4-17,19-20,22-24,29,33,35-39,41-42,44-55H2,1-3H3/b21-18-,28-25-,30-26-,31-27-,34-32-,43-40-/t56-/m0/s1. The van der Waals surface area contributed by atoms with E-state index in [1.54, 1.807) is 0 Å². The van der Waals surface area contributed by atoms with Gasteiger partial charge in [-0.15, -0.1) is 0 Å². The van der Waals surface area contributed by atoms with E-state index in [2.05, 4.69) is 93.7 Å². The number of hydrogen-bond acceptors (Lipinski definition) is 6. The number of unbranched alkanes of at least 4 members (excludes halogenated alkanes) is 26. The highest BCUT2D eigenvalue weighted by Gasteiger charge is 2.19. The molecule has 0 spiro atoms. The Balaban J connectivity index is 4.49. The molecule has 0 amide bonds. The van der Waals surface area contributed by atoms with Crippen molar-refractivity contribution in [2.75, 3.05) is 13.2 Å². The van der Waals surface area contributed by atoms with Crippen molar-refractivity contribution in [2.24, 2.45) is 0 Å². The molecular formula is C59H102O6. The van der Waals surface area contributed by atoms with E-state index in [0.29, 0.717) is 19.3 Å². The van der Waals surface area contributed by atoms with Crippen LogP contribution >= 0.6 is 0 Å². The van der Waals surface area contributed by atoms with Crippen LogP contribution in [0.2, 0.25) is 0 Å². The van der Waals surface area contributed by atoms with Crippen molar-refractivity contribution >= 4 is 17.9 Å². The zero-order chi connectivity index (χ0) is 47.2. The summed E-state index contributed by atoms with van der Waals surface area (Å²) < 4.78 is 16.8. The maximum atomic E-state index is 12.8. The predicted octanol–water partition coefficient (Wildman–Crippen LogP) is 18.2. The zero-order valence-corrected chi connectivity index (χ0v) is 42.7. The first-order valence-corrected chi connectivity index (χ1v) is 27.4. The summed E-state index contributed by atoms with van der Waals surface area (Å²) in [6.07, 6.45) is 67.5. The quantitative estimate of drug-likeness (QED) is 0.0262. The van der Waals surface area contributed by atoms with Gasteiger partial charge in [0.2, 0.25) is 0 Å². The molecule has 0 aliphatic carbocycles. The summed E-state index contributed by atoms with van der Waals surface area (Å²) >= 11 is 0. The van der Waals surface area contributed by atoms with Crippen molar-refractivity contribution in [3.8, 4) is 0 Å². The van der Waals surface area contributed by atoms with E-state index in [1.165, 1.54) is 128 Å². The predicted molar refractivity (Wildman–Crippen MR) is 279 cm³/mol. The van der Waals surface area contributed by atoms with Crippen LogP contribution in [0.3, 0.4) is 0 Å². The van der Waals surface area contributed by atoms with Crippen molar-refractivity contribution < 1.29 is 28.6 Å². The van der Waals surface area contributed by atoms with E-state index in [4.69, 9.17) is 14.2 Å². The van der Waals surface area contributed by atoms with Crippen LogP contribution in [-0.2, 0) is 28.6 Å². The van der Waals surface area contributed by atoms with Gasteiger partial charge in [-0.2, -0.15) is 0 Å². The molecule has 65 heavy (non-hydrogen) atoms. The lowest BCUT2D eigenvalue weighted by Gasteiger charge is -2.18. The lowest BCUT2D eigenvalue weighted by molar-refractivity contribution is -0.167. The van der Waals surface area contributed by atoms with Crippen LogP contribution in [0.15, 0.2) is 72.9 Å². The number of ether oxygens (including phenoxy) is 3. The fraction of sp³-hybridized carbons (Fsp3) is 0.746. The van der Waals surface area contributed by atoms with E-state index >= 15 is 0 Å². The van der Waals surface area contributed by atoms with Crippen molar-refractivity contribution in [1.29, 1.82) is 0 Å². The minimum Gasteiger partial charge on any atom is -0.462 e. The van der Waals surface area contributed by atoms with Gasteiger partial charge >= 0.3 is 17.9 Å². The van der Waals surface area contributed by atoms with Crippen LogP contribution in [0.25, 0.3) is 0 Å². The Bertz CT molecular complexity index is 1230. The highest BCUT2D eigenvalue weighted by molar-refractivity contribution is 5.71. The van der Waals surface area contributed by atoms with Gasteiger partial charge in [0, 0.05) is 19.3 Å². The normalized spacial score (nSPS) is 12.6. The molecule has 0 fully saturated rings. The molecule has 0 heterocycles. The fourth-order valence-electron chi connectivity index (χ4n) is 7.48. The maximum absolute atomic E-state index is 12.8. The van der Waals surface area contributed by atoms with Crippen LogP contribution in [0.4, 0.5) is 0 Å². The van der Waals surface area contributed by atoms with Crippen molar-refractivity contribution in [3.63, 3.8) is 0 Å². The van der Waals surface area contributed by atoms with Gasteiger partial charge in [-0.25, -0.2) is 0 Å². The van der Waals surface area contributed by atoms with Gasteiger partial charge in [0.1, 0.15) is 13.2 Å².